The number of para-hydroxylation sites is 1. The van der Waals surface area contributed by atoms with Gasteiger partial charge in [-0.05, 0) is 37.3 Å². The minimum Gasteiger partial charge on any atom is -0.321 e. The highest BCUT2D eigenvalue weighted by molar-refractivity contribution is 6.02. The van der Waals surface area contributed by atoms with Crippen molar-refractivity contribution in [3.8, 4) is 16.9 Å². The molecular weight excluding hydrogens is 378 g/mol. The van der Waals surface area contributed by atoms with Crippen molar-refractivity contribution in [1.82, 2.24) is 29.4 Å². The molecule has 146 valence electrons. The molecule has 5 rings (SSSR count). The Morgan fingerprint density at radius 3 is 2.73 bits per heavy atom. The van der Waals surface area contributed by atoms with Crippen molar-refractivity contribution < 1.29 is 4.79 Å². The number of anilines is 1. The summed E-state index contributed by atoms with van der Waals surface area (Å²) in [4.78, 5) is 23.0. The Labute approximate surface area is 171 Å². The lowest BCUT2D eigenvalue weighted by molar-refractivity contribution is 0.102. The first-order chi connectivity index (χ1) is 14.7. The van der Waals surface area contributed by atoms with Crippen LogP contribution in [0.4, 0.5) is 5.69 Å². The van der Waals surface area contributed by atoms with E-state index < -0.39 is 0 Å². The van der Waals surface area contributed by atoms with Gasteiger partial charge < -0.3 is 5.32 Å². The molecule has 0 aliphatic heterocycles. The van der Waals surface area contributed by atoms with Crippen LogP contribution < -0.4 is 5.32 Å². The lowest BCUT2D eigenvalue weighted by Gasteiger charge is -2.06. The SMILES string of the molecule is Cc1c(-c2cccc(NC(=O)c3cnn(-c4ccccc4)n3)c2)nc2ncccn12. The van der Waals surface area contributed by atoms with E-state index in [1.807, 2.05) is 78.2 Å². The number of rotatable bonds is 4. The maximum atomic E-state index is 12.7. The molecule has 2 aromatic carbocycles. The molecule has 0 unspecified atom stereocenters. The lowest BCUT2D eigenvalue weighted by Crippen LogP contribution is -2.13. The van der Waals surface area contributed by atoms with Crippen LogP contribution in [-0.2, 0) is 0 Å². The molecule has 0 spiro atoms. The average Bonchev–Trinajstić information content (AvgIpc) is 3.40. The Hall–Kier alpha value is -4.33. The van der Waals surface area contributed by atoms with Crippen LogP contribution in [0.3, 0.4) is 0 Å². The molecule has 1 N–H and O–H groups in total. The first-order valence-corrected chi connectivity index (χ1v) is 9.38. The molecule has 0 saturated heterocycles. The maximum absolute atomic E-state index is 12.7. The number of benzene rings is 2. The summed E-state index contributed by atoms with van der Waals surface area (Å²) < 4.78 is 1.93. The quantitative estimate of drug-likeness (QED) is 0.503. The van der Waals surface area contributed by atoms with Crippen LogP contribution >= 0.6 is 0 Å². The molecular formula is C22H17N7O. The van der Waals surface area contributed by atoms with Crippen molar-refractivity contribution in [3.63, 3.8) is 0 Å². The van der Waals surface area contributed by atoms with Gasteiger partial charge in [-0.2, -0.15) is 9.90 Å². The highest BCUT2D eigenvalue weighted by Crippen LogP contribution is 2.25. The third kappa shape index (κ3) is 3.20. The van der Waals surface area contributed by atoms with Crippen molar-refractivity contribution in [1.29, 1.82) is 0 Å². The number of hydrogen-bond acceptors (Lipinski definition) is 5. The van der Waals surface area contributed by atoms with Gasteiger partial charge in [0.2, 0.25) is 5.78 Å². The van der Waals surface area contributed by atoms with Gasteiger partial charge in [-0.25, -0.2) is 9.97 Å². The van der Waals surface area contributed by atoms with Gasteiger partial charge in [-0.1, -0.05) is 30.3 Å². The van der Waals surface area contributed by atoms with Crippen LogP contribution in [0.15, 0.2) is 79.3 Å². The zero-order valence-electron chi connectivity index (χ0n) is 16.1. The summed E-state index contributed by atoms with van der Waals surface area (Å²) in [6.07, 6.45) is 5.09. The van der Waals surface area contributed by atoms with Crippen molar-refractivity contribution in [2.45, 2.75) is 6.92 Å². The predicted octanol–water partition coefficient (Wildman–Crippen LogP) is 3.54. The van der Waals surface area contributed by atoms with Crippen molar-refractivity contribution in [2.75, 3.05) is 5.32 Å². The average molecular weight is 395 g/mol. The number of aromatic nitrogens is 6. The highest BCUT2D eigenvalue weighted by atomic mass is 16.2. The number of nitrogens with zero attached hydrogens (tertiary/aromatic N) is 6. The molecule has 5 aromatic rings. The van der Waals surface area contributed by atoms with Crippen LogP contribution in [0.1, 0.15) is 16.2 Å². The van der Waals surface area contributed by atoms with Gasteiger partial charge in [0.15, 0.2) is 5.69 Å². The molecule has 3 aromatic heterocycles. The number of imidazole rings is 1. The topological polar surface area (TPSA) is 90.0 Å². The first kappa shape index (κ1) is 17.7. The third-order valence-corrected chi connectivity index (χ3v) is 4.75. The minimum atomic E-state index is -0.331. The number of carbonyl (C=O) groups is 1. The van der Waals surface area contributed by atoms with Crippen LogP contribution in [0.5, 0.6) is 0 Å². The number of hydrogen-bond donors (Lipinski definition) is 1. The van der Waals surface area contributed by atoms with Gasteiger partial charge in [0, 0.05) is 29.3 Å². The predicted molar refractivity (Wildman–Crippen MR) is 112 cm³/mol. The second-order valence-corrected chi connectivity index (χ2v) is 6.73. The molecule has 0 bridgehead atoms. The Bertz CT molecular complexity index is 1350. The lowest BCUT2D eigenvalue weighted by atomic mass is 10.1. The van der Waals surface area contributed by atoms with Crippen LogP contribution in [-0.4, -0.2) is 35.3 Å². The Balaban J connectivity index is 1.40. The van der Waals surface area contributed by atoms with Crippen LogP contribution in [0.25, 0.3) is 22.7 Å². The standard InChI is InChI=1S/C22H17N7O/c1-15-20(26-22-23-11-6-12-28(15)22)16-7-5-8-17(13-16)25-21(30)19-14-24-29(27-19)18-9-3-2-4-10-18/h2-14H,1H3,(H,25,30). The fourth-order valence-electron chi connectivity index (χ4n) is 3.27. The van der Waals surface area contributed by atoms with Crippen molar-refractivity contribution >= 4 is 17.4 Å². The van der Waals surface area contributed by atoms with Gasteiger partial charge in [0.05, 0.1) is 17.6 Å². The monoisotopic (exact) mass is 395 g/mol. The number of nitrogens with one attached hydrogen (secondary N) is 1. The zero-order valence-corrected chi connectivity index (χ0v) is 16.1. The Kier molecular flexibility index (Phi) is 4.29. The summed E-state index contributed by atoms with van der Waals surface area (Å²) in [6.45, 7) is 1.99. The zero-order chi connectivity index (χ0) is 20.5. The summed E-state index contributed by atoms with van der Waals surface area (Å²) in [5.74, 6) is 0.305. The van der Waals surface area contributed by atoms with E-state index in [0.29, 0.717) is 11.5 Å². The molecule has 0 atom stereocenters. The van der Waals surface area contributed by atoms with E-state index in [2.05, 4.69) is 25.5 Å². The van der Waals surface area contributed by atoms with Gasteiger partial charge in [-0.15, -0.1) is 5.10 Å². The number of fused-ring (bicyclic) bond motifs is 1. The molecule has 3 heterocycles. The first-order valence-electron chi connectivity index (χ1n) is 9.38. The molecule has 0 saturated carbocycles. The molecule has 8 nitrogen and oxygen atoms in total. The van der Waals surface area contributed by atoms with E-state index in [4.69, 9.17) is 0 Å². The molecule has 0 aliphatic carbocycles. The van der Waals surface area contributed by atoms with E-state index in [9.17, 15) is 4.79 Å². The van der Waals surface area contributed by atoms with Gasteiger partial charge in [0.1, 0.15) is 0 Å². The Morgan fingerprint density at radius 1 is 1.03 bits per heavy atom. The molecule has 0 aliphatic rings. The molecule has 8 heteroatoms. The maximum Gasteiger partial charge on any atom is 0.277 e. The third-order valence-electron chi connectivity index (χ3n) is 4.75. The smallest absolute Gasteiger partial charge is 0.277 e. The minimum absolute atomic E-state index is 0.234. The van der Waals surface area contributed by atoms with Gasteiger partial charge >= 0.3 is 0 Å². The van der Waals surface area contributed by atoms with E-state index >= 15 is 0 Å². The number of carbonyl (C=O) groups excluding carboxylic acids is 1. The second-order valence-electron chi connectivity index (χ2n) is 6.73. The van der Waals surface area contributed by atoms with Gasteiger partial charge in [0.25, 0.3) is 5.91 Å². The highest BCUT2D eigenvalue weighted by Gasteiger charge is 2.14. The summed E-state index contributed by atoms with van der Waals surface area (Å²) in [7, 11) is 0. The second kappa shape index (κ2) is 7.25. The summed E-state index contributed by atoms with van der Waals surface area (Å²) >= 11 is 0. The van der Waals surface area contributed by atoms with E-state index in [-0.39, 0.29) is 11.6 Å². The molecule has 0 radical (unpaired) electrons. The van der Waals surface area contributed by atoms with E-state index in [1.165, 1.54) is 11.0 Å². The van der Waals surface area contributed by atoms with Gasteiger partial charge in [-0.3, -0.25) is 9.20 Å². The summed E-state index contributed by atoms with van der Waals surface area (Å²) in [5, 5.41) is 11.3. The number of amides is 1. The normalized spacial score (nSPS) is 11.0. The molecule has 0 fully saturated rings. The molecule has 30 heavy (non-hydrogen) atoms. The van der Waals surface area contributed by atoms with E-state index in [0.717, 1.165) is 22.6 Å². The number of aryl methyl sites for hydroxylation is 1. The van der Waals surface area contributed by atoms with E-state index in [1.54, 1.807) is 6.20 Å². The summed E-state index contributed by atoms with van der Waals surface area (Å²) in [6, 6.07) is 18.8. The largest absolute Gasteiger partial charge is 0.321 e. The summed E-state index contributed by atoms with van der Waals surface area (Å²) in [5.41, 5.74) is 4.36. The van der Waals surface area contributed by atoms with Crippen LogP contribution in [0, 0.1) is 6.92 Å². The van der Waals surface area contributed by atoms with Crippen molar-refractivity contribution in [2.24, 2.45) is 0 Å². The fourth-order valence-corrected chi connectivity index (χ4v) is 3.27. The molecule has 1 amide bonds. The van der Waals surface area contributed by atoms with Crippen molar-refractivity contribution in [3.05, 3.63) is 90.6 Å². The Morgan fingerprint density at radius 2 is 1.90 bits per heavy atom. The fraction of sp³-hybridized carbons (Fsp3) is 0.0455. The van der Waals surface area contributed by atoms with Crippen LogP contribution in [0.2, 0.25) is 0 Å².